The molecule has 1 aromatic heterocycles. The first-order chi connectivity index (χ1) is 16.6. The largest absolute Gasteiger partial charge is 0.490 e. The van der Waals surface area contributed by atoms with Crippen molar-refractivity contribution >= 4 is 27.6 Å². The molecule has 1 aliphatic rings. The number of rotatable bonds is 7. The lowest BCUT2D eigenvalue weighted by Gasteiger charge is -2.18. The molecular formula is C29H32N2O3. The third-order valence-electron chi connectivity index (χ3n) is 6.92. The summed E-state index contributed by atoms with van der Waals surface area (Å²) in [5.41, 5.74) is 4.65. The molecule has 0 spiro atoms. The number of carbonyl (C=O) groups is 1. The molecule has 0 unspecified atom stereocenters. The topological polar surface area (TPSA) is 52.5 Å². The summed E-state index contributed by atoms with van der Waals surface area (Å²) in [6.07, 6.45) is 4.81. The van der Waals surface area contributed by atoms with Crippen LogP contribution in [0.2, 0.25) is 0 Å². The Morgan fingerprint density at radius 3 is 2.56 bits per heavy atom. The molecule has 5 nitrogen and oxygen atoms in total. The van der Waals surface area contributed by atoms with Gasteiger partial charge in [-0.1, -0.05) is 42.5 Å². The Labute approximate surface area is 200 Å². The van der Waals surface area contributed by atoms with Crippen molar-refractivity contribution in [3.63, 3.8) is 0 Å². The van der Waals surface area contributed by atoms with Crippen LogP contribution in [-0.4, -0.2) is 30.3 Å². The zero-order chi connectivity index (χ0) is 23.7. The average Bonchev–Trinajstić information content (AvgIpc) is 3.45. The third-order valence-corrected chi connectivity index (χ3v) is 6.92. The van der Waals surface area contributed by atoms with Crippen LogP contribution in [0.4, 0.5) is 0 Å². The van der Waals surface area contributed by atoms with Gasteiger partial charge in [-0.05, 0) is 62.1 Å². The van der Waals surface area contributed by atoms with Crippen LogP contribution in [0, 0.1) is 0 Å². The number of fused-ring (bicyclic) bond motifs is 2. The van der Waals surface area contributed by atoms with Gasteiger partial charge in [0.05, 0.1) is 23.8 Å². The minimum atomic E-state index is -0.285. The van der Waals surface area contributed by atoms with Crippen molar-refractivity contribution in [3.05, 3.63) is 65.9 Å². The van der Waals surface area contributed by atoms with E-state index in [2.05, 4.69) is 64.5 Å². The molecule has 1 fully saturated rings. The Hall–Kier alpha value is -3.31. The van der Waals surface area contributed by atoms with E-state index < -0.39 is 0 Å². The molecule has 5 heteroatoms. The lowest BCUT2D eigenvalue weighted by molar-refractivity contribution is 0.0527. The van der Waals surface area contributed by atoms with E-state index in [0.717, 1.165) is 46.3 Å². The van der Waals surface area contributed by atoms with Gasteiger partial charge in [-0.2, -0.15) is 0 Å². The predicted molar refractivity (Wildman–Crippen MR) is 137 cm³/mol. The van der Waals surface area contributed by atoms with Gasteiger partial charge in [0.1, 0.15) is 5.75 Å². The summed E-state index contributed by atoms with van der Waals surface area (Å²) >= 11 is 0. The Kier molecular flexibility index (Phi) is 6.29. The van der Waals surface area contributed by atoms with Gasteiger partial charge in [0.2, 0.25) is 0 Å². The summed E-state index contributed by atoms with van der Waals surface area (Å²) in [5.74, 6) is 0.592. The quantitative estimate of drug-likeness (QED) is 0.336. The molecule has 176 valence electrons. The molecule has 5 rings (SSSR count). The molecule has 3 aromatic carbocycles. The van der Waals surface area contributed by atoms with Crippen LogP contribution < -0.4 is 10.1 Å². The van der Waals surface area contributed by atoms with E-state index in [-0.39, 0.29) is 12.1 Å². The third kappa shape index (κ3) is 3.94. The summed E-state index contributed by atoms with van der Waals surface area (Å²) in [5, 5.41) is 6.46. The molecular weight excluding hydrogens is 424 g/mol. The predicted octanol–water partition coefficient (Wildman–Crippen LogP) is 6.22. The number of hydrogen-bond acceptors (Lipinski definition) is 4. The van der Waals surface area contributed by atoms with Crippen molar-refractivity contribution in [2.24, 2.45) is 7.05 Å². The van der Waals surface area contributed by atoms with E-state index in [1.54, 1.807) is 0 Å². The van der Waals surface area contributed by atoms with Crippen LogP contribution in [0.25, 0.3) is 32.8 Å². The van der Waals surface area contributed by atoms with Gasteiger partial charge in [0.25, 0.3) is 0 Å². The summed E-state index contributed by atoms with van der Waals surface area (Å²) in [4.78, 5) is 13.1. The second kappa shape index (κ2) is 9.51. The SMILES string of the molecule is CCOC(=O)c1c(CNC)n(C)c2cc(OC3CCCC3)c(-c3cccc4ccccc34)cc12. The maximum absolute atomic E-state index is 13.1. The fraction of sp³-hybridized carbons (Fsp3) is 0.345. The van der Waals surface area contributed by atoms with E-state index in [4.69, 9.17) is 9.47 Å². The number of benzene rings is 3. The van der Waals surface area contributed by atoms with Gasteiger partial charge < -0.3 is 19.4 Å². The van der Waals surface area contributed by atoms with Gasteiger partial charge in [0, 0.05) is 36.3 Å². The highest BCUT2D eigenvalue weighted by atomic mass is 16.5. The number of hydrogen-bond donors (Lipinski definition) is 1. The highest BCUT2D eigenvalue weighted by Gasteiger charge is 2.26. The van der Waals surface area contributed by atoms with E-state index in [0.29, 0.717) is 18.7 Å². The summed E-state index contributed by atoms with van der Waals surface area (Å²) in [6, 6.07) is 19.0. The Morgan fingerprint density at radius 2 is 1.79 bits per heavy atom. The lowest BCUT2D eigenvalue weighted by atomic mass is 9.95. The first kappa shape index (κ1) is 22.5. The normalized spacial score (nSPS) is 14.2. The van der Waals surface area contributed by atoms with Crippen LogP contribution in [0.5, 0.6) is 5.75 Å². The molecule has 0 saturated heterocycles. The maximum atomic E-state index is 13.1. The molecule has 0 atom stereocenters. The fourth-order valence-corrected chi connectivity index (χ4v) is 5.27. The smallest absolute Gasteiger partial charge is 0.340 e. The van der Waals surface area contributed by atoms with Gasteiger partial charge in [-0.3, -0.25) is 0 Å². The van der Waals surface area contributed by atoms with Crippen molar-refractivity contribution in [2.75, 3.05) is 13.7 Å². The number of nitrogens with one attached hydrogen (secondary N) is 1. The molecule has 0 aliphatic heterocycles. The zero-order valence-electron chi connectivity index (χ0n) is 20.2. The molecule has 34 heavy (non-hydrogen) atoms. The number of nitrogens with zero attached hydrogens (tertiary/aromatic N) is 1. The lowest BCUT2D eigenvalue weighted by Crippen LogP contribution is -2.14. The Morgan fingerprint density at radius 1 is 1.03 bits per heavy atom. The molecule has 1 aliphatic carbocycles. The summed E-state index contributed by atoms with van der Waals surface area (Å²) in [7, 11) is 3.90. The van der Waals surface area contributed by atoms with Gasteiger partial charge in [-0.25, -0.2) is 4.79 Å². The van der Waals surface area contributed by atoms with Crippen molar-refractivity contribution in [1.82, 2.24) is 9.88 Å². The second-order valence-electron chi connectivity index (χ2n) is 9.05. The first-order valence-corrected chi connectivity index (χ1v) is 12.2. The summed E-state index contributed by atoms with van der Waals surface area (Å²) < 4.78 is 14.2. The number of aryl methyl sites for hydroxylation is 1. The molecule has 0 radical (unpaired) electrons. The van der Waals surface area contributed by atoms with Crippen LogP contribution >= 0.6 is 0 Å². The van der Waals surface area contributed by atoms with Gasteiger partial charge in [-0.15, -0.1) is 0 Å². The first-order valence-electron chi connectivity index (χ1n) is 12.2. The van der Waals surface area contributed by atoms with E-state index in [1.165, 1.54) is 23.6 Å². The molecule has 1 saturated carbocycles. The minimum Gasteiger partial charge on any atom is -0.490 e. The van der Waals surface area contributed by atoms with E-state index >= 15 is 0 Å². The number of esters is 1. The molecule has 0 bridgehead atoms. The molecule has 4 aromatic rings. The van der Waals surface area contributed by atoms with Crippen LogP contribution in [0.3, 0.4) is 0 Å². The van der Waals surface area contributed by atoms with E-state index in [1.807, 2.05) is 21.0 Å². The van der Waals surface area contributed by atoms with Crippen LogP contribution in [-0.2, 0) is 18.3 Å². The van der Waals surface area contributed by atoms with Crippen molar-refractivity contribution in [2.45, 2.75) is 45.3 Å². The van der Waals surface area contributed by atoms with Crippen LogP contribution in [0.15, 0.2) is 54.6 Å². The highest BCUT2D eigenvalue weighted by Crippen LogP contribution is 2.41. The average molecular weight is 457 g/mol. The maximum Gasteiger partial charge on any atom is 0.340 e. The number of aromatic nitrogens is 1. The number of carbonyl (C=O) groups excluding carboxylic acids is 1. The van der Waals surface area contributed by atoms with Crippen molar-refractivity contribution in [1.29, 1.82) is 0 Å². The van der Waals surface area contributed by atoms with Gasteiger partial charge >= 0.3 is 5.97 Å². The minimum absolute atomic E-state index is 0.229. The fourth-order valence-electron chi connectivity index (χ4n) is 5.27. The Balaban J connectivity index is 1.79. The van der Waals surface area contributed by atoms with Crippen molar-refractivity contribution < 1.29 is 14.3 Å². The highest BCUT2D eigenvalue weighted by molar-refractivity contribution is 6.09. The molecule has 0 amide bonds. The standard InChI is InChI=1S/C29H32N2O3/c1-4-33-29(32)28-24-16-23(22-15-9-11-19-10-5-8-14-21(19)22)27(34-20-12-6-7-13-20)17-25(24)31(3)26(28)18-30-2/h5,8-11,14-17,20,30H,4,6-7,12-13,18H2,1-3H3. The molecule has 1 N–H and O–H groups in total. The second-order valence-corrected chi connectivity index (χ2v) is 9.05. The van der Waals surface area contributed by atoms with Crippen LogP contribution in [0.1, 0.15) is 48.7 Å². The molecule has 1 heterocycles. The zero-order valence-corrected chi connectivity index (χ0v) is 20.2. The Bertz CT molecular complexity index is 1340. The number of ether oxygens (including phenoxy) is 2. The monoisotopic (exact) mass is 456 g/mol. The van der Waals surface area contributed by atoms with E-state index in [9.17, 15) is 4.79 Å². The van der Waals surface area contributed by atoms with Crippen molar-refractivity contribution in [3.8, 4) is 16.9 Å². The van der Waals surface area contributed by atoms with Gasteiger partial charge in [0.15, 0.2) is 0 Å². The summed E-state index contributed by atoms with van der Waals surface area (Å²) in [6.45, 7) is 2.75.